The summed E-state index contributed by atoms with van der Waals surface area (Å²) >= 11 is 4.31. The summed E-state index contributed by atoms with van der Waals surface area (Å²) in [5.41, 5.74) is 1.76. The summed E-state index contributed by atoms with van der Waals surface area (Å²) in [5, 5.41) is 8.28. The fourth-order valence-corrected chi connectivity index (χ4v) is 4.44. The Morgan fingerprint density at radius 3 is 2.10 bits per heavy atom. The predicted molar refractivity (Wildman–Crippen MR) is 158 cm³/mol. The highest BCUT2D eigenvalue weighted by Crippen LogP contribution is 2.31. The molecule has 1 aromatic rings. The number of anilines is 1. The van der Waals surface area contributed by atoms with Crippen LogP contribution in [0, 0.1) is 5.92 Å². The molecule has 11 heteroatoms. The number of benzene rings is 1. The molecule has 1 aliphatic heterocycles. The molecular weight excluding hydrogens is 536 g/mol. The summed E-state index contributed by atoms with van der Waals surface area (Å²) in [6, 6.07) is 5.98. The molecule has 39 heavy (non-hydrogen) atoms. The Hall–Kier alpha value is -2.79. The molecule has 2 rings (SSSR count). The number of thiol groups is 1. The van der Waals surface area contributed by atoms with Crippen molar-refractivity contribution in [2.75, 3.05) is 11.9 Å². The van der Waals surface area contributed by atoms with Crippen LogP contribution in [0.25, 0.3) is 0 Å². The van der Waals surface area contributed by atoms with Crippen LogP contribution in [0.4, 0.5) is 5.69 Å². The second-order valence-electron chi connectivity index (χ2n) is 10.7. The Labute approximate surface area is 240 Å². The minimum Gasteiger partial charge on any atom is -0.344 e. The van der Waals surface area contributed by atoms with Crippen molar-refractivity contribution in [3.63, 3.8) is 0 Å². The Morgan fingerprint density at radius 1 is 0.923 bits per heavy atom. The van der Waals surface area contributed by atoms with E-state index in [2.05, 4.69) is 41.5 Å². The van der Waals surface area contributed by atoms with E-state index in [0.717, 1.165) is 12.0 Å². The number of carbonyl (C=O) groups is 5. The molecule has 5 amide bonds. The highest BCUT2D eigenvalue weighted by molar-refractivity contribution is 8.69. The van der Waals surface area contributed by atoms with Crippen molar-refractivity contribution >= 4 is 57.7 Å². The third-order valence-electron chi connectivity index (χ3n) is 6.30. The number of hydrogen-bond acceptors (Lipinski definition) is 7. The normalized spacial score (nSPS) is 14.9. The van der Waals surface area contributed by atoms with Crippen LogP contribution in [0.2, 0.25) is 0 Å². The molecule has 0 spiro atoms. The van der Waals surface area contributed by atoms with E-state index in [0.29, 0.717) is 31.5 Å². The lowest BCUT2D eigenvalue weighted by Gasteiger charge is -2.24. The molecule has 0 saturated heterocycles. The van der Waals surface area contributed by atoms with Crippen molar-refractivity contribution in [1.29, 1.82) is 0 Å². The van der Waals surface area contributed by atoms with E-state index < -0.39 is 18.0 Å². The molecule has 0 radical (unpaired) electrons. The highest BCUT2D eigenvalue weighted by atomic mass is 33.1. The molecule has 0 saturated carbocycles. The first-order valence-electron chi connectivity index (χ1n) is 13.2. The largest absolute Gasteiger partial charge is 0.344 e. The zero-order valence-electron chi connectivity index (χ0n) is 23.3. The van der Waals surface area contributed by atoms with Crippen LogP contribution in [0.15, 0.2) is 36.4 Å². The van der Waals surface area contributed by atoms with Crippen molar-refractivity contribution in [2.45, 2.75) is 83.6 Å². The van der Waals surface area contributed by atoms with Crippen LogP contribution in [0.5, 0.6) is 0 Å². The van der Waals surface area contributed by atoms with Crippen LogP contribution in [0.3, 0.4) is 0 Å². The molecule has 214 valence electrons. The van der Waals surface area contributed by atoms with Crippen molar-refractivity contribution < 1.29 is 24.0 Å². The van der Waals surface area contributed by atoms with Gasteiger partial charge in [0.2, 0.25) is 17.7 Å². The molecule has 1 heterocycles. The van der Waals surface area contributed by atoms with E-state index in [9.17, 15) is 24.0 Å². The number of hydrogen-bond donors (Lipinski definition) is 4. The van der Waals surface area contributed by atoms with Gasteiger partial charge in [0.1, 0.15) is 12.1 Å². The first-order chi connectivity index (χ1) is 18.3. The van der Waals surface area contributed by atoms with Gasteiger partial charge in [-0.05, 0) is 63.6 Å². The van der Waals surface area contributed by atoms with Crippen molar-refractivity contribution in [1.82, 2.24) is 15.5 Å². The van der Waals surface area contributed by atoms with Gasteiger partial charge in [-0.25, -0.2) is 0 Å². The maximum absolute atomic E-state index is 12.9. The van der Waals surface area contributed by atoms with Gasteiger partial charge in [0.25, 0.3) is 11.8 Å². The van der Waals surface area contributed by atoms with Gasteiger partial charge in [-0.3, -0.25) is 28.9 Å². The molecule has 0 bridgehead atoms. The fourth-order valence-electron chi connectivity index (χ4n) is 4.01. The number of nitrogens with one attached hydrogen (secondary N) is 3. The average molecular weight is 577 g/mol. The average Bonchev–Trinajstić information content (AvgIpc) is 3.19. The van der Waals surface area contributed by atoms with E-state index in [1.807, 2.05) is 38.1 Å². The van der Waals surface area contributed by atoms with Crippen LogP contribution in [-0.4, -0.2) is 57.8 Å². The Kier molecular flexibility index (Phi) is 12.6. The summed E-state index contributed by atoms with van der Waals surface area (Å²) in [5.74, 6) is -1.87. The molecule has 1 aromatic carbocycles. The predicted octanol–water partition coefficient (Wildman–Crippen LogP) is 3.66. The van der Waals surface area contributed by atoms with Gasteiger partial charge in [-0.15, -0.1) is 11.7 Å². The smallest absolute Gasteiger partial charge is 0.253 e. The summed E-state index contributed by atoms with van der Waals surface area (Å²) < 4.78 is -0.0103. The quantitative estimate of drug-likeness (QED) is 0.109. The van der Waals surface area contributed by atoms with E-state index in [1.165, 1.54) is 27.8 Å². The lowest BCUT2D eigenvalue weighted by atomic mass is 10.0. The lowest BCUT2D eigenvalue weighted by Crippen LogP contribution is -2.53. The zero-order chi connectivity index (χ0) is 29.2. The topological polar surface area (TPSA) is 125 Å². The van der Waals surface area contributed by atoms with Crippen molar-refractivity contribution in [3.8, 4) is 0 Å². The number of unbranched alkanes of at least 4 members (excludes halogenated alkanes) is 2. The van der Waals surface area contributed by atoms with Crippen LogP contribution >= 0.6 is 22.5 Å². The van der Waals surface area contributed by atoms with Gasteiger partial charge in [0.05, 0.1) is 0 Å². The minimum atomic E-state index is -0.805. The monoisotopic (exact) mass is 576 g/mol. The lowest BCUT2D eigenvalue weighted by molar-refractivity contribution is -0.137. The first kappa shape index (κ1) is 32.4. The van der Waals surface area contributed by atoms with Gasteiger partial charge in [0.15, 0.2) is 0 Å². The van der Waals surface area contributed by atoms with Gasteiger partial charge in [-0.2, -0.15) is 0 Å². The molecule has 0 aromatic heterocycles. The number of nitrogens with zero attached hydrogens (tertiary/aromatic N) is 1. The van der Waals surface area contributed by atoms with Crippen molar-refractivity contribution in [3.05, 3.63) is 42.0 Å². The van der Waals surface area contributed by atoms with E-state index >= 15 is 0 Å². The standard InChI is InChI=1S/C28H40N4O5S2/c1-18(2)25(31-22(33)9-7-6-8-16-32-23(34)14-15-24(32)35)27(37)29-19(3)26(36)30-21-12-10-20(11-13-21)17-28(4,5)39-38/h10-15,18-19,25,38H,6-9,16-17H2,1-5H3,(H,29,37)(H,30,36)(H,31,33)/t19-,25?/m0/s1. The zero-order valence-corrected chi connectivity index (χ0v) is 25.0. The second kappa shape index (κ2) is 15.1. The summed E-state index contributed by atoms with van der Waals surface area (Å²) in [7, 11) is 1.50. The number of rotatable bonds is 15. The van der Waals surface area contributed by atoms with E-state index in [-0.39, 0.29) is 40.7 Å². The molecule has 9 nitrogen and oxygen atoms in total. The first-order valence-corrected chi connectivity index (χ1v) is 15.1. The number of amides is 5. The number of imide groups is 1. The third kappa shape index (κ3) is 10.7. The van der Waals surface area contributed by atoms with E-state index in [4.69, 9.17) is 0 Å². The van der Waals surface area contributed by atoms with Gasteiger partial charge < -0.3 is 16.0 Å². The SMILES string of the molecule is CC(C)C(NC(=O)CCCCCN1C(=O)C=CC1=O)C(=O)N[C@@H](C)C(=O)Nc1ccc(CC(C)(C)SS)cc1. The molecule has 1 aliphatic rings. The second-order valence-corrected chi connectivity index (χ2v) is 12.5. The summed E-state index contributed by atoms with van der Waals surface area (Å²) in [4.78, 5) is 62.4. The van der Waals surface area contributed by atoms with Gasteiger partial charge in [0, 0.05) is 35.6 Å². The van der Waals surface area contributed by atoms with Crippen LogP contribution in [0.1, 0.15) is 65.9 Å². The van der Waals surface area contributed by atoms with E-state index in [1.54, 1.807) is 6.92 Å². The maximum Gasteiger partial charge on any atom is 0.253 e. The van der Waals surface area contributed by atoms with Gasteiger partial charge >= 0.3 is 0 Å². The summed E-state index contributed by atoms with van der Waals surface area (Å²) in [6.07, 6.45) is 5.37. The molecule has 2 atom stereocenters. The number of carbonyl (C=O) groups excluding carboxylic acids is 5. The molecular formula is C28H40N4O5S2. The Bertz CT molecular complexity index is 1050. The Morgan fingerprint density at radius 2 is 1.54 bits per heavy atom. The molecule has 0 fully saturated rings. The van der Waals surface area contributed by atoms with Crippen LogP contribution < -0.4 is 16.0 Å². The molecule has 0 aliphatic carbocycles. The molecule has 3 N–H and O–H groups in total. The van der Waals surface area contributed by atoms with Crippen molar-refractivity contribution in [2.24, 2.45) is 5.92 Å². The minimum absolute atomic E-state index is 0.0103. The fraction of sp³-hybridized carbons (Fsp3) is 0.536. The third-order valence-corrected chi connectivity index (χ3v) is 8.42. The van der Waals surface area contributed by atoms with Gasteiger partial charge in [-0.1, -0.05) is 43.2 Å². The highest BCUT2D eigenvalue weighted by Gasteiger charge is 2.27. The Balaban J connectivity index is 1.77. The molecule has 1 unspecified atom stereocenters. The summed E-state index contributed by atoms with van der Waals surface area (Å²) in [6.45, 7) is 9.78. The van der Waals surface area contributed by atoms with Crippen LogP contribution in [-0.2, 0) is 30.4 Å². The maximum atomic E-state index is 12.9.